The summed E-state index contributed by atoms with van der Waals surface area (Å²) in [5.74, 6) is 0. The molecule has 0 saturated heterocycles. The van der Waals surface area contributed by atoms with Gasteiger partial charge in [0.2, 0.25) is 0 Å². The molecule has 0 amide bonds. The Kier molecular flexibility index (Phi) is 16.3. The van der Waals surface area contributed by atoms with Crippen LogP contribution >= 0.6 is 0 Å². The summed E-state index contributed by atoms with van der Waals surface area (Å²) in [7, 11) is 0. The molecule has 8 heteroatoms. The summed E-state index contributed by atoms with van der Waals surface area (Å²) < 4.78 is 0. The molecule has 0 aliphatic carbocycles. The Hall–Kier alpha value is -13.3. The quantitative estimate of drug-likeness (QED) is 0.100. The van der Waals surface area contributed by atoms with Crippen LogP contribution in [0.1, 0.15) is 34.2 Å². The van der Waals surface area contributed by atoms with Gasteiger partial charge >= 0.3 is 0 Å². The van der Waals surface area contributed by atoms with Gasteiger partial charge in [-0.05, 0) is 217 Å². The average molecular weight is 1290 g/mol. The number of nitrogens with zero attached hydrogens (tertiary/aromatic N) is 6. The number of nitrogens with one attached hydrogen (secondary N) is 2. The summed E-state index contributed by atoms with van der Waals surface area (Å²) in [6.07, 6.45) is 10.3. The van der Waals surface area contributed by atoms with Crippen LogP contribution in [0.15, 0.2) is 352 Å². The van der Waals surface area contributed by atoms with E-state index in [0.29, 0.717) is 0 Å². The number of anilines is 12. The summed E-state index contributed by atoms with van der Waals surface area (Å²) in [6.45, 7) is 0. The van der Waals surface area contributed by atoms with Crippen molar-refractivity contribution in [2.24, 2.45) is 0 Å². The number of aromatic nitrogens is 4. The predicted molar refractivity (Wildman–Crippen MR) is 418 cm³/mol. The standard InChI is InChI=1S/C92H68N8/c1-9-25-69(26-10-1)97(70-27-11-2-12-28-70)77-49-41-65(42-50-77)89-81-57-59-83(93-81)90(66-43-51-78(52-44-66)98(71-29-13-3-14-30-71)72-31-15-4-16-32-72)85-61-63-87(95-85)92(68-47-55-80(56-48-68)100(75-37-21-7-22-38-75)76-39-23-8-24-40-76)88-64-62-86(96-88)91(84-60-58-82(89)94-84)67-45-53-79(54-46-67)99(73-33-17-5-18-34-73)74-35-19-6-20-36-74/h1-61,63,93,96H,62,64H2. The summed E-state index contributed by atoms with van der Waals surface area (Å²) in [5.41, 5.74) is 28.4. The smallest absolute Gasteiger partial charge is 0.0737 e. The van der Waals surface area contributed by atoms with Gasteiger partial charge in [0.05, 0.1) is 22.8 Å². The summed E-state index contributed by atoms with van der Waals surface area (Å²) in [4.78, 5) is 29.0. The van der Waals surface area contributed by atoms with E-state index in [1.807, 2.05) is 0 Å². The summed E-state index contributed by atoms with van der Waals surface area (Å²) in [6, 6.07) is 125. The van der Waals surface area contributed by atoms with Gasteiger partial charge in [-0.2, -0.15) is 0 Å². The van der Waals surface area contributed by atoms with Crippen molar-refractivity contribution in [1.82, 2.24) is 19.9 Å². The second-order valence-corrected chi connectivity index (χ2v) is 25.0. The lowest BCUT2D eigenvalue weighted by Crippen LogP contribution is -2.09. The third-order valence-electron chi connectivity index (χ3n) is 18.8. The number of aromatic amines is 2. The highest BCUT2D eigenvalue weighted by Crippen LogP contribution is 2.45. The maximum absolute atomic E-state index is 5.81. The van der Waals surface area contributed by atoms with Gasteiger partial charge in [-0.25, -0.2) is 9.97 Å². The van der Waals surface area contributed by atoms with E-state index in [2.05, 4.69) is 406 Å². The van der Waals surface area contributed by atoms with Crippen LogP contribution in [0.4, 0.5) is 68.2 Å². The van der Waals surface area contributed by atoms with E-state index in [0.717, 1.165) is 171 Å². The molecule has 14 aromatic rings. The fraction of sp³-hybridized carbons (Fsp3) is 0.0217. The molecule has 100 heavy (non-hydrogen) atoms. The number of rotatable bonds is 16. The number of hydrogen-bond acceptors (Lipinski definition) is 6. The first-order valence-corrected chi connectivity index (χ1v) is 34.1. The van der Waals surface area contributed by atoms with Gasteiger partial charge in [0.1, 0.15) is 0 Å². The molecule has 17 rings (SSSR count). The maximum atomic E-state index is 5.81. The molecular formula is C92H68N8. The van der Waals surface area contributed by atoms with Crippen molar-refractivity contribution in [3.63, 3.8) is 0 Å². The molecule has 5 heterocycles. The van der Waals surface area contributed by atoms with Gasteiger partial charge in [0, 0.05) is 113 Å². The van der Waals surface area contributed by atoms with Crippen LogP contribution in [-0.4, -0.2) is 19.9 Å². The fourth-order valence-electron chi connectivity index (χ4n) is 14.3. The molecule has 3 aliphatic heterocycles. The van der Waals surface area contributed by atoms with E-state index in [9.17, 15) is 0 Å². The lowest BCUT2D eigenvalue weighted by Gasteiger charge is -2.25. The Morgan fingerprint density at radius 3 is 0.600 bits per heavy atom. The second-order valence-electron chi connectivity index (χ2n) is 25.0. The van der Waals surface area contributed by atoms with Gasteiger partial charge in [-0.15, -0.1) is 0 Å². The highest BCUT2D eigenvalue weighted by atomic mass is 15.2. The number of fused-ring (bicyclic) bond motifs is 8. The van der Waals surface area contributed by atoms with Gasteiger partial charge in [0.15, 0.2) is 0 Å². The lowest BCUT2D eigenvalue weighted by atomic mass is 9.98. The van der Waals surface area contributed by atoms with Crippen LogP contribution in [0.5, 0.6) is 0 Å². The number of H-pyrrole nitrogens is 2. The molecule has 0 atom stereocenters. The Morgan fingerprint density at radius 1 is 0.190 bits per heavy atom. The molecule has 2 aromatic heterocycles. The zero-order valence-electron chi connectivity index (χ0n) is 54.9. The number of benzene rings is 12. The first-order valence-electron chi connectivity index (χ1n) is 34.1. The topological polar surface area (TPSA) is 70.3 Å². The van der Waals surface area contributed by atoms with Gasteiger partial charge in [0.25, 0.3) is 0 Å². The largest absolute Gasteiger partial charge is 0.361 e. The molecule has 8 bridgehead atoms. The van der Waals surface area contributed by atoms with Crippen molar-refractivity contribution < 1.29 is 0 Å². The van der Waals surface area contributed by atoms with Crippen LogP contribution in [0.2, 0.25) is 0 Å². The van der Waals surface area contributed by atoms with E-state index >= 15 is 0 Å². The Morgan fingerprint density at radius 2 is 0.380 bits per heavy atom. The second kappa shape index (κ2) is 27.1. The molecular weight excluding hydrogens is 1220 g/mol. The third-order valence-corrected chi connectivity index (χ3v) is 18.8. The fourth-order valence-corrected chi connectivity index (χ4v) is 14.3. The number of aryl methyl sites for hydroxylation is 2. The van der Waals surface area contributed by atoms with Crippen molar-refractivity contribution in [2.45, 2.75) is 12.8 Å². The zero-order valence-corrected chi connectivity index (χ0v) is 54.9. The molecule has 476 valence electrons. The zero-order chi connectivity index (χ0) is 66.6. The molecule has 0 spiro atoms. The molecule has 12 aromatic carbocycles. The SMILES string of the molecule is C1=Cc2nc1c(-c1ccc(N(c3ccccc3)c3ccccc3)cc1)c1[nH]c(c(-c3ccc(N(c4ccccc4)c4ccccc4)cc3)c3nc(c(-c4ccc(N(c5ccccc5)c5ccccc5)cc4)c4ccc([nH]4)c2-c2ccc(N(c4ccccc4)c4ccccc4)cc2)C=C3)CC1. The van der Waals surface area contributed by atoms with Crippen LogP contribution in [0.25, 0.3) is 79.8 Å². The van der Waals surface area contributed by atoms with Crippen LogP contribution in [0, 0.1) is 0 Å². The van der Waals surface area contributed by atoms with Crippen molar-refractivity contribution in [3.8, 4) is 44.5 Å². The van der Waals surface area contributed by atoms with E-state index in [4.69, 9.17) is 9.97 Å². The normalized spacial score (nSPS) is 11.8. The molecule has 0 fully saturated rings. The first-order chi connectivity index (χ1) is 49.6. The van der Waals surface area contributed by atoms with E-state index in [1.54, 1.807) is 0 Å². The van der Waals surface area contributed by atoms with Gasteiger partial charge in [-0.1, -0.05) is 194 Å². The Labute approximate surface area is 583 Å². The van der Waals surface area contributed by atoms with E-state index < -0.39 is 0 Å². The summed E-state index contributed by atoms with van der Waals surface area (Å²) in [5, 5.41) is 0. The van der Waals surface area contributed by atoms with E-state index in [-0.39, 0.29) is 0 Å². The maximum Gasteiger partial charge on any atom is 0.0737 e. The van der Waals surface area contributed by atoms with Crippen molar-refractivity contribution >= 4 is 104 Å². The molecule has 0 radical (unpaired) electrons. The first kappa shape index (κ1) is 60.4. The van der Waals surface area contributed by atoms with Crippen LogP contribution in [-0.2, 0) is 12.8 Å². The third kappa shape index (κ3) is 12.0. The molecule has 8 nitrogen and oxygen atoms in total. The van der Waals surface area contributed by atoms with Crippen molar-refractivity contribution in [1.29, 1.82) is 0 Å². The minimum Gasteiger partial charge on any atom is -0.361 e. The Balaban J connectivity index is 0.901. The number of hydrogen-bond donors (Lipinski definition) is 2. The highest BCUT2D eigenvalue weighted by molar-refractivity contribution is 5.98. The van der Waals surface area contributed by atoms with E-state index in [1.165, 1.54) is 0 Å². The lowest BCUT2D eigenvalue weighted by molar-refractivity contribution is 1.02. The molecule has 0 unspecified atom stereocenters. The van der Waals surface area contributed by atoms with Crippen LogP contribution in [0.3, 0.4) is 0 Å². The Bertz CT molecular complexity index is 4970. The predicted octanol–water partition coefficient (Wildman–Crippen LogP) is 24.7. The minimum absolute atomic E-state index is 0.739. The minimum atomic E-state index is 0.739. The van der Waals surface area contributed by atoms with Crippen LogP contribution < -0.4 is 19.6 Å². The molecule has 0 saturated carbocycles. The summed E-state index contributed by atoms with van der Waals surface area (Å²) >= 11 is 0. The number of para-hydroxylation sites is 8. The average Bonchev–Trinajstić information content (AvgIpc) is 1.59. The monoisotopic (exact) mass is 1280 g/mol. The van der Waals surface area contributed by atoms with Crippen molar-refractivity contribution in [2.75, 3.05) is 19.6 Å². The van der Waals surface area contributed by atoms with Gasteiger partial charge < -0.3 is 29.6 Å². The molecule has 3 aliphatic rings. The highest BCUT2D eigenvalue weighted by Gasteiger charge is 2.25. The molecule has 2 N–H and O–H groups in total. The van der Waals surface area contributed by atoms with Gasteiger partial charge in [-0.3, -0.25) is 0 Å². The van der Waals surface area contributed by atoms with Crippen molar-refractivity contribution in [3.05, 3.63) is 386 Å².